The maximum Gasteiger partial charge on any atom is 0.129 e. The molecule has 2 atom stereocenters. The lowest BCUT2D eigenvalue weighted by molar-refractivity contribution is 0.389. The number of halogens is 2. The first-order chi connectivity index (χ1) is 8.13. The maximum absolute atomic E-state index is 13.7. The first kappa shape index (κ1) is 12.7. The van der Waals surface area contributed by atoms with E-state index in [4.69, 9.17) is 11.6 Å². The Morgan fingerprint density at radius 1 is 1.35 bits per heavy atom. The molecule has 0 amide bonds. The molecular weight excluding hydrogens is 237 g/mol. The van der Waals surface area contributed by atoms with Gasteiger partial charge in [-0.2, -0.15) is 0 Å². The molecule has 0 aromatic heterocycles. The molecule has 0 radical (unpaired) electrons. The van der Waals surface area contributed by atoms with Crippen molar-refractivity contribution in [2.24, 2.45) is 5.92 Å². The van der Waals surface area contributed by atoms with Crippen molar-refractivity contribution in [3.8, 4) is 0 Å². The quantitative estimate of drug-likeness (QED) is 0.717. The van der Waals surface area contributed by atoms with Crippen LogP contribution in [0, 0.1) is 11.7 Å². The molecule has 2 unspecified atom stereocenters. The van der Waals surface area contributed by atoms with Gasteiger partial charge in [0.1, 0.15) is 5.82 Å². The fourth-order valence-corrected chi connectivity index (χ4v) is 2.84. The molecule has 94 valence electrons. The van der Waals surface area contributed by atoms with E-state index in [2.05, 4.69) is 18.7 Å². The second-order valence-corrected chi connectivity index (χ2v) is 5.32. The summed E-state index contributed by atoms with van der Waals surface area (Å²) < 4.78 is 13.7. The Morgan fingerprint density at radius 2 is 2.12 bits per heavy atom. The highest BCUT2D eigenvalue weighted by Crippen LogP contribution is 2.31. The van der Waals surface area contributed by atoms with Gasteiger partial charge in [-0.15, -0.1) is 11.6 Å². The summed E-state index contributed by atoms with van der Waals surface area (Å²) in [4.78, 5) is 2.30. The van der Waals surface area contributed by atoms with Crippen molar-refractivity contribution in [3.63, 3.8) is 0 Å². The van der Waals surface area contributed by atoms with Crippen LogP contribution >= 0.6 is 11.6 Å². The Labute approximate surface area is 108 Å². The number of rotatable bonds is 2. The molecule has 1 heterocycles. The molecule has 1 fully saturated rings. The van der Waals surface area contributed by atoms with E-state index in [9.17, 15) is 4.39 Å². The SMILES string of the molecule is CC1CCC(C)N(c2cccc(F)c2CCl)C1. The van der Waals surface area contributed by atoms with Crippen molar-refractivity contribution in [3.05, 3.63) is 29.6 Å². The molecule has 0 N–H and O–H groups in total. The number of alkyl halides is 1. The minimum absolute atomic E-state index is 0.192. The van der Waals surface area contributed by atoms with Crippen LogP contribution in [0.3, 0.4) is 0 Å². The van der Waals surface area contributed by atoms with Crippen LogP contribution in [0.5, 0.6) is 0 Å². The second kappa shape index (κ2) is 5.26. The van der Waals surface area contributed by atoms with Crippen molar-refractivity contribution in [2.75, 3.05) is 11.4 Å². The maximum atomic E-state index is 13.7. The molecule has 1 aliphatic rings. The molecule has 1 aromatic carbocycles. The van der Waals surface area contributed by atoms with Gasteiger partial charge in [-0.1, -0.05) is 13.0 Å². The van der Waals surface area contributed by atoms with E-state index in [0.717, 1.165) is 12.2 Å². The van der Waals surface area contributed by atoms with Gasteiger partial charge in [0, 0.05) is 23.8 Å². The van der Waals surface area contributed by atoms with Crippen LogP contribution in [0.2, 0.25) is 0 Å². The van der Waals surface area contributed by atoms with Crippen LogP contribution < -0.4 is 4.90 Å². The minimum Gasteiger partial charge on any atom is -0.368 e. The molecule has 1 aromatic rings. The smallest absolute Gasteiger partial charge is 0.129 e. The predicted octanol–water partition coefficient (Wildman–Crippen LogP) is 4.19. The van der Waals surface area contributed by atoms with Crippen molar-refractivity contribution in [1.82, 2.24) is 0 Å². The Bertz CT molecular complexity index is 394. The van der Waals surface area contributed by atoms with Crippen molar-refractivity contribution in [2.45, 2.75) is 38.6 Å². The fraction of sp³-hybridized carbons (Fsp3) is 0.571. The zero-order valence-electron chi connectivity index (χ0n) is 10.4. The number of hydrogen-bond donors (Lipinski definition) is 0. The number of benzene rings is 1. The molecule has 3 heteroatoms. The van der Waals surface area contributed by atoms with E-state index in [-0.39, 0.29) is 11.7 Å². The molecule has 0 aliphatic carbocycles. The van der Waals surface area contributed by atoms with Gasteiger partial charge in [0.05, 0.1) is 5.88 Å². The molecule has 0 spiro atoms. The molecular formula is C14H19ClFN. The van der Waals surface area contributed by atoms with Crippen LogP contribution in [-0.2, 0) is 5.88 Å². The fourth-order valence-electron chi connectivity index (χ4n) is 2.57. The summed E-state index contributed by atoms with van der Waals surface area (Å²) in [5.41, 5.74) is 1.61. The summed E-state index contributed by atoms with van der Waals surface area (Å²) in [7, 11) is 0. The van der Waals surface area contributed by atoms with Gasteiger partial charge in [-0.05, 0) is 37.8 Å². The van der Waals surface area contributed by atoms with E-state index in [1.165, 1.54) is 18.9 Å². The number of anilines is 1. The van der Waals surface area contributed by atoms with Crippen LogP contribution in [0.1, 0.15) is 32.3 Å². The van der Waals surface area contributed by atoms with Gasteiger partial charge < -0.3 is 4.90 Å². The van der Waals surface area contributed by atoms with Gasteiger partial charge in [0.15, 0.2) is 0 Å². The summed E-state index contributed by atoms with van der Waals surface area (Å²) in [5, 5.41) is 0. The molecule has 0 bridgehead atoms. The average molecular weight is 256 g/mol. The van der Waals surface area contributed by atoms with Crippen LogP contribution in [0.15, 0.2) is 18.2 Å². The summed E-state index contributed by atoms with van der Waals surface area (Å²) in [5.74, 6) is 0.708. The molecule has 1 nitrogen and oxygen atoms in total. The lowest BCUT2D eigenvalue weighted by atomic mass is 9.94. The summed E-state index contributed by atoms with van der Waals surface area (Å²) in [6.45, 7) is 5.45. The zero-order valence-corrected chi connectivity index (χ0v) is 11.2. The normalized spacial score (nSPS) is 25.1. The highest BCUT2D eigenvalue weighted by Gasteiger charge is 2.25. The van der Waals surface area contributed by atoms with Gasteiger partial charge in [-0.25, -0.2) is 4.39 Å². The monoisotopic (exact) mass is 255 g/mol. The predicted molar refractivity (Wildman–Crippen MR) is 71.2 cm³/mol. The van der Waals surface area contributed by atoms with Gasteiger partial charge >= 0.3 is 0 Å². The van der Waals surface area contributed by atoms with E-state index in [1.54, 1.807) is 6.07 Å². The number of hydrogen-bond acceptors (Lipinski definition) is 1. The highest BCUT2D eigenvalue weighted by atomic mass is 35.5. The highest BCUT2D eigenvalue weighted by molar-refractivity contribution is 6.17. The number of nitrogens with zero attached hydrogens (tertiary/aromatic N) is 1. The molecule has 1 aliphatic heterocycles. The average Bonchev–Trinajstić information content (AvgIpc) is 2.32. The Hall–Kier alpha value is -0.760. The van der Waals surface area contributed by atoms with Crippen molar-refractivity contribution < 1.29 is 4.39 Å². The minimum atomic E-state index is -0.192. The number of piperidine rings is 1. The molecule has 1 saturated heterocycles. The summed E-state index contributed by atoms with van der Waals surface area (Å²) in [6, 6.07) is 5.70. The topological polar surface area (TPSA) is 3.24 Å². The summed E-state index contributed by atoms with van der Waals surface area (Å²) in [6.07, 6.45) is 2.42. The van der Waals surface area contributed by atoms with E-state index >= 15 is 0 Å². The first-order valence-corrected chi connectivity index (χ1v) is 6.77. The van der Waals surface area contributed by atoms with Gasteiger partial charge in [0.2, 0.25) is 0 Å². The van der Waals surface area contributed by atoms with Crippen LogP contribution in [-0.4, -0.2) is 12.6 Å². The third kappa shape index (κ3) is 2.57. The first-order valence-electron chi connectivity index (χ1n) is 6.23. The molecule has 2 rings (SSSR count). The Kier molecular flexibility index (Phi) is 3.93. The standard InChI is InChI=1S/C14H19ClFN/c1-10-6-7-11(2)17(9-10)14-5-3-4-13(16)12(14)8-15/h3-5,10-11H,6-9H2,1-2H3. The third-order valence-corrected chi connectivity index (χ3v) is 3.92. The van der Waals surface area contributed by atoms with Crippen LogP contribution in [0.4, 0.5) is 10.1 Å². The zero-order chi connectivity index (χ0) is 12.4. The Balaban J connectivity index is 2.35. The van der Waals surface area contributed by atoms with E-state index in [1.807, 2.05) is 6.07 Å². The largest absolute Gasteiger partial charge is 0.368 e. The summed E-state index contributed by atoms with van der Waals surface area (Å²) >= 11 is 5.87. The lowest BCUT2D eigenvalue weighted by Gasteiger charge is -2.39. The third-order valence-electron chi connectivity index (χ3n) is 3.65. The second-order valence-electron chi connectivity index (χ2n) is 5.06. The lowest BCUT2D eigenvalue weighted by Crippen LogP contribution is -2.41. The molecule has 17 heavy (non-hydrogen) atoms. The Morgan fingerprint density at radius 3 is 2.82 bits per heavy atom. The molecule has 0 saturated carbocycles. The van der Waals surface area contributed by atoms with Crippen molar-refractivity contribution in [1.29, 1.82) is 0 Å². The van der Waals surface area contributed by atoms with Crippen molar-refractivity contribution >= 4 is 17.3 Å². The van der Waals surface area contributed by atoms with Gasteiger partial charge in [0.25, 0.3) is 0 Å². The van der Waals surface area contributed by atoms with Crippen LogP contribution in [0.25, 0.3) is 0 Å². The van der Waals surface area contributed by atoms with Gasteiger partial charge in [-0.3, -0.25) is 0 Å². The van der Waals surface area contributed by atoms with E-state index in [0.29, 0.717) is 17.5 Å². The van der Waals surface area contributed by atoms with E-state index < -0.39 is 0 Å².